The van der Waals surface area contributed by atoms with E-state index in [9.17, 15) is 18.5 Å². The Bertz CT molecular complexity index is 1420. The Labute approximate surface area is 210 Å². The number of anilines is 1. The normalized spacial score (nSPS) is 11.2. The van der Waals surface area contributed by atoms with Crippen LogP contribution in [0.2, 0.25) is 0 Å². The molecule has 184 valence electrons. The van der Waals surface area contributed by atoms with Crippen LogP contribution in [0.3, 0.4) is 0 Å². The molecule has 36 heavy (non-hydrogen) atoms. The van der Waals surface area contributed by atoms with Gasteiger partial charge in [0.1, 0.15) is 22.3 Å². The summed E-state index contributed by atoms with van der Waals surface area (Å²) in [6.07, 6.45) is 3.20. The van der Waals surface area contributed by atoms with Crippen LogP contribution in [0.4, 0.5) is 5.69 Å². The van der Waals surface area contributed by atoms with Gasteiger partial charge in [0.2, 0.25) is 0 Å². The van der Waals surface area contributed by atoms with Gasteiger partial charge in [0.05, 0.1) is 14.2 Å². The lowest BCUT2D eigenvalue weighted by molar-refractivity contribution is -0.112. The standard InChI is InChI=1S/C27H24N2O6S/c1-4-8-20-15-19(16-21(18-28)27(30)29-22-11-13-23(33-2)14-12-22)17-25(34-3)26(20)35-36(31,32)24-9-6-5-7-10-24/h4-7,9-17H,1,8H2,2-3H3,(H,29,30)/b21-16+. The molecular formula is C27H24N2O6S. The Morgan fingerprint density at radius 2 is 1.75 bits per heavy atom. The lowest BCUT2D eigenvalue weighted by Gasteiger charge is -2.15. The molecule has 3 aromatic carbocycles. The third-order valence-electron chi connectivity index (χ3n) is 4.99. The Hall–Kier alpha value is -4.55. The molecule has 1 N–H and O–H groups in total. The monoisotopic (exact) mass is 504 g/mol. The van der Waals surface area contributed by atoms with Crippen molar-refractivity contribution in [3.05, 3.63) is 96.1 Å². The smallest absolute Gasteiger partial charge is 0.339 e. The number of carbonyl (C=O) groups is 1. The number of nitriles is 1. The lowest BCUT2D eigenvalue weighted by Crippen LogP contribution is -2.13. The number of ether oxygens (including phenoxy) is 2. The van der Waals surface area contributed by atoms with E-state index in [4.69, 9.17) is 13.7 Å². The van der Waals surface area contributed by atoms with Crippen LogP contribution in [0.5, 0.6) is 17.2 Å². The molecule has 0 radical (unpaired) electrons. The zero-order valence-corrected chi connectivity index (χ0v) is 20.5. The number of methoxy groups -OCH3 is 2. The molecule has 0 fully saturated rings. The van der Waals surface area contributed by atoms with Crippen molar-refractivity contribution in [1.82, 2.24) is 0 Å². The Morgan fingerprint density at radius 3 is 2.33 bits per heavy atom. The van der Waals surface area contributed by atoms with Gasteiger partial charge < -0.3 is 19.0 Å². The van der Waals surface area contributed by atoms with E-state index >= 15 is 0 Å². The van der Waals surface area contributed by atoms with E-state index in [1.54, 1.807) is 54.6 Å². The Kier molecular flexibility index (Phi) is 8.49. The van der Waals surface area contributed by atoms with E-state index in [1.807, 2.05) is 6.07 Å². The van der Waals surface area contributed by atoms with E-state index in [-0.39, 0.29) is 28.4 Å². The number of amides is 1. The maximum absolute atomic E-state index is 12.8. The van der Waals surface area contributed by atoms with E-state index in [0.29, 0.717) is 22.6 Å². The predicted molar refractivity (Wildman–Crippen MR) is 136 cm³/mol. The molecule has 0 spiro atoms. The van der Waals surface area contributed by atoms with Gasteiger partial charge in [-0.1, -0.05) is 24.3 Å². The zero-order valence-electron chi connectivity index (χ0n) is 19.7. The summed E-state index contributed by atoms with van der Waals surface area (Å²) >= 11 is 0. The van der Waals surface area contributed by atoms with Crippen LogP contribution >= 0.6 is 0 Å². The first kappa shape index (κ1) is 26.1. The molecule has 3 aromatic rings. The maximum Gasteiger partial charge on any atom is 0.339 e. The number of hydrogen-bond acceptors (Lipinski definition) is 7. The third kappa shape index (κ3) is 6.31. The van der Waals surface area contributed by atoms with Crippen LogP contribution in [0.15, 0.2) is 89.9 Å². The van der Waals surface area contributed by atoms with Gasteiger partial charge in [0, 0.05) is 11.3 Å². The second-order valence-electron chi connectivity index (χ2n) is 7.41. The highest BCUT2D eigenvalue weighted by Gasteiger charge is 2.22. The van der Waals surface area contributed by atoms with Crippen molar-refractivity contribution < 1.29 is 26.9 Å². The minimum Gasteiger partial charge on any atom is -0.497 e. The van der Waals surface area contributed by atoms with Crippen LogP contribution in [0.1, 0.15) is 11.1 Å². The van der Waals surface area contributed by atoms with Gasteiger partial charge in [-0.2, -0.15) is 13.7 Å². The summed E-state index contributed by atoms with van der Waals surface area (Å²) in [5.41, 5.74) is 1.21. The molecule has 0 atom stereocenters. The fraction of sp³-hybridized carbons (Fsp3) is 0.111. The summed E-state index contributed by atoms with van der Waals surface area (Å²) in [6.45, 7) is 3.71. The number of hydrogen-bond donors (Lipinski definition) is 1. The molecule has 0 aliphatic heterocycles. The van der Waals surface area contributed by atoms with Crippen molar-refractivity contribution in [2.24, 2.45) is 0 Å². The van der Waals surface area contributed by atoms with Gasteiger partial charge in [-0.05, 0) is 66.6 Å². The zero-order chi connectivity index (χ0) is 26.1. The van der Waals surface area contributed by atoms with E-state index in [2.05, 4.69) is 11.9 Å². The molecule has 0 heterocycles. The van der Waals surface area contributed by atoms with E-state index in [1.165, 1.54) is 38.5 Å². The Morgan fingerprint density at radius 1 is 1.06 bits per heavy atom. The van der Waals surface area contributed by atoms with Crippen LogP contribution in [0.25, 0.3) is 6.08 Å². The summed E-state index contributed by atoms with van der Waals surface area (Å²) in [7, 11) is -1.24. The van der Waals surface area contributed by atoms with Crippen molar-refractivity contribution in [3.63, 3.8) is 0 Å². The summed E-state index contributed by atoms with van der Waals surface area (Å²) in [5, 5.41) is 12.3. The molecule has 0 bridgehead atoms. The second kappa shape index (κ2) is 11.7. The van der Waals surface area contributed by atoms with Crippen molar-refractivity contribution in [2.45, 2.75) is 11.3 Å². The van der Waals surface area contributed by atoms with Crippen molar-refractivity contribution in [3.8, 4) is 23.3 Å². The van der Waals surface area contributed by atoms with Crippen molar-refractivity contribution in [1.29, 1.82) is 5.26 Å². The number of allylic oxidation sites excluding steroid dienone is 1. The SMILES string of the molecule is C=CCc1cc(/C=C(\C#N)C(=O)Nc2ccc(OC)cc2)cc(OC)c1OS(=O)(=O)c1ccccc1. The predicted octanol–water partition coefficient (Wildman–Crippen LogP) is 4.75. The highest BCUT2D eigenvalue weighted by atomic mass is 32.2. The topological polar surface area (TPSA) is 115 Å². The van der Waals surface area contributed by atoms with Gasteiger partial charge in [-0.25, -0.2) is 0 Å². The minimum absolute atomic E-state index is 0.000375. The van der Waals surface area contributed by atoms with Crippen LogP contribution in [0, 0.1) is 11.3 Å². The quantitative estimate of drug-likeness (QED) is 0.183. The number of benzene rings is 3. The highest BCUT2D eigenvalue weighted by molar-refractivity contribution is 7.87. The van der Waals surface area contributed by atoms with E-state index in [0.717, 1.165) is 0 Å². The largest absolute Gasteiger partial charge is 0.497 e. The molecule has 1 amide bonds. The van der Waals surface area contributed by atoms with Crippen molar-refractivity contribution >= 4 is 27.8 Å². The summed E-state index contributed by atoms with van der Waals surface area (Å²) in [5.74, 6) is 0.133. The van der Waals surface area contributed by atoms with Gasteiger partial charge in [-0.3, -0.25) is 4.79 Å². The molecule has 3 rings (SSSR count). The number of nitrogens with zero attached hydrogens (tertiary/aromatic N) is 1. The summed E-state index contributed by atoms with van der Waals surface area (Å²) in [4.78, 5) is 12.7. The molecule has 0 aliphatic rings. The Balaban J connectivity index is 1.96. The summed E-state index contributed by atoms with van der Waals surface area (Å²) < 4.78 is 41.6. The fourth-order valence-electron chi connectivity index (χ4n) is 3.25. The number of nitrogens with one attached hydrogen (secondary N) is 1. The molecular weight excluding hydrogens is 480 g/mol. The number of carbonyl (C=O) groups excluding carboxylic acids is 1. The minimum atomic E-state index is -4.14. The lowest BCUT2D eigenvalue weighted by atomic mass is 10.0. The van der Waals surface area contributed by atoms with E-state index < -0.39 is 16.0 Å². The molecule has 0 aliphatic carbocycles. The summed E-state index contributed by atoms with van der Waals surface area (Å²) in [6, 6.07) is 19.4. The van der Waals surface area contributed by atoms with Gasteiger partial charge in [-0.15, -0.1) is 6.58 Å². The molecule has 0 unspecified atom stereocenters. The van der Waals surface area contributed by atoms with Gasteiger partial charge in [0.15, 0.2) is 11.5 Å². The highest BCUT2D eigenvalue weighted by Crippen LogP contribution is 2.36. The first-order valence-corrected chi connectivity index (χ1v) is 12.1. The first-order chi connectivity index (χ1) is 17.3. The van der Waals surface area contributed by atoms with Gasteiger partial charge in [0.25, 0.3) is 5.91 Å². The number of rotatable bonds is 10. The average molecular weight is 505 g/mol. The first-order valence-electron chi connectivity index (χ1n) is 10.7. The molecule has 9 heteroatoms. The maximum atomic E-state index is 12.8. The molecule has 8 nitrogen and oxygen atoms in total. The average Bonchev–Trinajstić information content (AvgIpc) is 2.89. The third-order valence-corrected chi connectivity index (χ3v) is 6.22. The molecule has 0 saturated carbocycles. The van der Waals surface area contributed by atoms with Crippen LogP contribution in [-0.2, 0) is 21.3 Å². The van der Waals surface area contributed by atoms with Crippen LogP contribution < -0.4 is 19.0 Å². The molecule has 0 saturated heterocycles. The van der Waals surface area contributed by atoms with Gasteiger partial charge >= 0.3 is 10.1 Å². The van der Waals surface area contributed by atoms with Crippen molar-refractivity contribution in [2.75, 3.05) is 19.5 Å². The van der Waals surface area contributed by atoms with Crippen LogP contribution in [-0.4, -0.2) is 28.5 Å². The second-order valence-corrected chi connectivity index (χ2v) is 8.95. The fourth-order valence-corrected chi connectivity index (χ4v) is 4.25. The molecule has 0 aromatic heterocycles.